The molecule has 77 valence electrons. The number of ether oxygens (including phenoxy) is 2. The van der Waals surface area contributed by atoms with Gasteiger partial charge in [-0.3, -0.25) is 0 Å². The van der Waals surface area contributed by atoms with E-state index in [4.69, 9.17) is 9.47 Å². The van der Waals surface area contributed by atoms with Gasteiger partial charge in [0.2, 0.25) is 0 Å². The Kier molecular flexibility index (Phi) is 3.81. The monoisotopic (exact) mass is 193 g/mol. The molecule has 0 aliphatic carbocycles. The first-order valence-electron chi connectivity index (χ1n) is 4.80. The third-order valence-electron chi connectivity index (χ3n) is 2.04. The summed E-state index contributed by atoms with van der Waals surface area (Å²) < 4.78 is 10.7. The van der Waals surface area contributed by atoms with Gasteiger partial charge in [0, 0.05) is 0 Å². The first-order valence-corrected chi connectivity index (χ1v) is 4.80. The van der Waals surface area contributed by atoms with Crippen LogP contribution in [0, 0.1) is 5.92 Å². The van der Waals surface area contributed by atoms with Gasteiger partial charge in [-0.25, -0.2) is 0 Å². The van der Waals surface area contributed by atoms with E-state index in [9.17, 15) is 0 Å². The highest BCUT2D eigenvalue weighted by Crippen LogP contribution is 2.30. The van der Waals surface area contributed by atoms with Crippen molar-refractivity contribution in [3.63, 3.8) is 0 Å². The minimum atomic E-state index is 0.655. The molecule has 0 aliphatic rings. The molecule has 1 aromatic rings. The first-order chi connectivity index (χ1) is 6.69. The molecule has 0 amide bonds. The topological polar surface area (TPSA) is 18.5 Å². The Bertz CT molecular complexity index is 292. The zero-order valence-electron chi connectivity index (χ0n) is 9.26. The molecule has 0 saturated carbocycles. The van der Waals surface area contributed by atoms with Crippen molar-refractivity contribution >= 4 is 0 Å². The predicted octanol–water partition coefficient (Wildman–Crippen LogP) is 3.06. The summed E-state index contributed by atoms with van der Waals surface area (Å²) in [6, 6.07) is 5.99. The third-order valence-corrected chi connectivity index (χ3v) is 2.04. The van der Waals surface area contributed by atoms with E-state index in [1.54, 1.807) is 7.11 Å². The van der Waals surface area contributed by atoms with Crippen molar-refractivity contribution in [3.8, 4) is 11.5 Å². The first kappa shape index (κ1) is 10.9. The molecule has 2 nitrogen and oxygen atoms in total. The normalized spacial score (nSPS) is 10.4. The van der Waals surface area contributed by atoms with E-state index in [1.807, 2.05) is 25.1 Å². The van der Waals surface area contributed by atoms with Gasteiger partial charge in [-0.15, -0.1) is 0 Å². The highest BCUT2D eigenvalue weighted by Gasteiger charge is 2.07. The van der Waals surface area contributed by atoms with Crippen LogP contribution in [-0.4, -0.2) is 13.7 Å². The molecule has 1 radical (unpaired) electrons. The van der Waals surface area contributed by atoms with E-state index in [1.165, 1.54) is 11.5 Å². The molecule has 0 aliphatic heterocycles. The maximum atomic E-state index is 5.48. The zero-order chi connectivity index (χ0) is 10.6. The van der Waals surface area contributed by atoms with E-state index < -0.39 is 0 Å². The Labute approximate surface area is 85.8 Å². The Balaban J connectivity index is 3.01. The van der Waals surface area contributed by atoms with Crippen LogP contribution >= 0.6 is 0 Å². The number of hydrogen-bond acceptors (Lipinski definition) is 2. The summed E-state index contributed by atoms with van der Waals surface area (Å²) in [6.45, 7) is 6.78. The Hall–Kier alpha value is -1.18. The van der Waals surface area contributed by atoms with Crippen LogP contribution in [0.25, 0.3) is 0 Å². The molecule has 2 heteroatoms. The summed E-state index contributed by atoms with van der Waals surface area (Å²) in [5, 5.41) is 0. The number of hydrogen-bond donors (Lipinski definition) is 0. The van der Waals surface area contributed by atoms with Gasteiger partial charge in [-0.2, -0.15) is 0 Å². The summed E-state index contributed by atoms with van der Waals surface area (Å²) in [5.74, 6) is 2.87. The fourth-order valence-electron chi connectivity index (χ4n) is 1.26. The van der Waals surface area contributed by atoms with Crippen LogP contribution in [0.1, 0.15) is 26.3 Å². The van der Waals surface area contributed by atoms with Gasteiger partial charge in [0.15, 0.2) is 11.5 Å². The molecule has 14 heavy (non-hydrogen) atoms. The minimum absolute atomic E-state index is 0.655. The van der Waals surface area contributed by atoms with Crippen LogP contribution in [0.15, 0.2) is 18.2 Å². The molecule has 0 fully saturated rings. The van der Waals surface area contributed by atoms with Crippen molar-refractivity contribution in [2.75, 3.05) is 13.7 Å². The number of methoxy groups -OCH3 is 1. The smallest absolute Gasteiger partial charge is 0.161 e. The molecular formula is C12H17O2. The van der Waals surface area contributed by atoms with Crippen molar-refractivity contribution < 1.29 is 9.47 Å². The lowest BCUT2D eigenvalue weighted by atomic mass is 10.0. The maximum absolute atomic E-state index is 5.48. The predicted molar refractivity (Wildman–Crippen MR) is 57.9 cm³/mol. The Morgan fingerprint density at radius 2 is 1.93 bits per heavy atom. The number of rotatable bonds is 4. The van der Waals surface area contributed by atoms with Gasteiger partial charge in [0.25, 0.3) is 0 Å². The molecule has 0 aromatic heterocycles. The molecular weight excluding hydrogens is 176 g/mol. The highest BCUT2D eigenvalue weighted by molar-refractivity contribution is 5.46. The minimum Gasteiger partial charge on any atom is -0.493 e. The van der Waals surface area contributed by atoms with Gasteiger partial charge in [-0.05, 0) is 30.5 Å². The van der Waals surface area contributed by atoms with Crippen LogP contribution in [0.4, 0.5) is 0 Å². The molecule has 1 rings (SSSR count). The van der Waals surface area contributed by atoms with Crippen LogP contribution in [0.5, 0.6) is 11.5 Å². The second-order valence-electron chi connectivity index (χ2n) is 3.30. The van der Waals surface area contributed by atoms with Crippen molar-refractivity contribution in [2.45, 2.75) is 20.8 Å². The van der Waals surface area contributed by atoms with E-state index in [2.05, 4.69) is 13.8 Å². The summed E-state index contributed by atoms with van der Waals surface area (Å²) in [7, 11) is 1.65. The summed E-state index contributed by atoms with van der Waals surface area (Å²) in [6.07, 6.45) is 0. The van der Waals surface area contributed by atoms with Crippen molar-refractivity contribution in [3.05, 3.63) is 29.7 Å². The van der Waals surface area contributed by atoms with Crippen molar-refractivity contribution in [2.24, 2.45) is 0 Å². The van der Waals surface area contributed by atoms with E-state index >= 15 is 0 Å². The van der Waals surface area contributed by atoms with Gasteiger partial charge < -0.3 is 9.47 Å². The van der Waals surface area contributed by atoms with Crippen LogP contribution < -0.4 is 9.47 Å². The van der Waals surface area contributed by atoms with Gasteiger partial charge >= 0.3 is 0 Å². The lowest BCUT2D eigenvalue weighted by molar-refractivity contribution is 0.310. The average Bonchev–Trinajstić information content (AvgIpc) is 2.18. The van der Waals surface area contributed by atoms with Crippen LogP contribution in [0.2, 0.25) is 0 Å². The van der Waals surface area contributed by atoms with Crippen molar-refractivity contribution in [1.29, 1.82) is 0 Å². The zero-order valence-corrected chi connectivity index (χ0v) is 9.26. The molecule has 0 saturated heterocycles. The van der Waals surface area contributed by atoms with Gasteiger partial charge in [-0.1, -0.05) is 19.9 Å². The fraction of sp³-hybridized carbons (Fsp3) is 0.417. The Morgan fingerprint density at radius 1 is 1.21 bits per heavy atom. The second kappa shape index (κ2) is 4.89. The lowest BCUT2D eigenvalue weighted by Crippen LogP contribution is -1.97. The second-order valence-corrected chi connectivity index (χ2v) is 3.30. The van der Waals surface area contributed by atoms with Gasteiger partial charge in [0.05, 0.1) is 13.7 Å². The van der Waals surface area contributed by atoms with Gasteiger partial charge in [0.1, 0.15) is 0 Å². The van der Waals surface area contributed by atoms with Crippen molar-refractivity contribution in [1.82, 2.24) is 0 Å². The highest BCUT2D eigenvalue weighted by atomic mass is 16.5. The number of benzene rings is 1. The Morgan fingerprint density at radius 3 is 2.43 bits per heavy atom. The molecule has 0 atom stereocenters. The molecule has 0 heterocycles. The van der Waals surface area contributed by atoms with E-state index in [0.717, 1.165) is 11.5 Å². The maximum Gasteiger partial charge on any atom is 0.161 e. The quantitative estimate of drug-likeness (QED) is 0.731. The summed E-state index contributed by atoms with van der Waals surface area (Å²) in [5.41, 5.74) is 1.19. The molecule has 0 unspecified atom stereocenters. The molecule has 1 aromatic carbocycles. The largest absolute Gasteiger partial charge is 0.493 e. The van der Waals surface area contributed by atoms with E-state index in [0.29, 0.717) is 6.61 Å². The van der Waals surface area contributed by atoms with Crippen LogP contribution in [-0.2, 0) is 0 Å². The average molecular weight is 193 g/mol. The van der Waals surface area contributed by atoms with E-state index in [-0.39, 0.29) is 0 Å². The summed E-state index contributed by atoms with van der Waals surface area (Å²) >= 11 is 0. The summed E-state index contributed by atoms with van der Waals surface area (Å²) in [4.78, 5) is 0. The fourth-order valence-corrected chi connectivity index (χ4v) is 1.26. The lowest BCUT2D eigenvalue weighted by Gasteiger charge is -2.12. The standard InChI is InChI=1S/C12H17O2/c1-5-14-12-8-10(9(2)3)6-7-11(12)13-4/h6-8H,5H2,1-4H3. The molecule has 0 bridgehead atoms. The van der Waals surface area contributed by atoms with Crippen LogP contribution in [0.3, 0.4) is 0 Å². The molecule has 0 N–H and O–H groups in total. The SMILES string of the molecule is CCOc1cc([C](C)C)ccc1OC. The molecule has 0 spiro atoms. The third kappa shape index (κ3) is 2.41.